The average Bonchev–Trinajstić information content (AvgIpc) is 2.88. The van der Waals surface area contributed by atoms with Crippen LogP contribution in [0.5, 0.6) is 0 Å². The van der Waals surface area contributed by atoms with Crippen LogP contribution in [0.25, 0.3) is 0 Å². The first-order valence-corrected chi connectivity index (χ1v) is 6.17. The summed E-state index contributed by atoms with van der Waals surface area (Å²) < 4.78 is 15.2. The van der Waals surface area contributed by atoms with E-state index in [2.05, 4.69) is 10.3 Å². The largest absolute Gasteiger partial charge is 0.336 e. The van der Waals surface area contributed by atoms with Crippen LogP contribution in [0.1, 0.15) is 12.5 Å². The molecule has 1 N–H and O–H groups in total. The summed E-state index contributed by atoms with van der Waals surface area (Å²) in [7, 11) is 0. The van der Waals surface area contributed by atoms with E-state index >= 15 is 0 Å². The number of halogens is 1. The van der Waals surface area contributed by atoms with Crippen molar-refractivity contribution in [3.05, 3.63) is 58.4 Å². The van der Waals surface area contributed by atoms with Gasteiger partial charge in [0.25, 0.3) is 5.69 Å². The van der Waals surface area contributed by atoms with Crippen LogP contribution in [0, 0.1) is 15.9 Å². The van der Waals surface area contributed by atoms with E-state index in [1.807, 2.05) is 17.7 Å². The number of nitrogens with zero attached hydrogens (tertiary/aromatic N) is 3. The van der Waals surface area contributed by atoms with E-state index in [0.29, 0.717) is 12.1 Å². The fourth-order valence-corrected chi connectivity index (χ4v) is 1.91. The van der Waals surface area contributed by atoms with Gasteiger partial charge in [-0.1, -0.05) is 0 Å². The van der Waals surface area contributed by atoms with Gasteiger partial charge in [0, 0.05) is 37.6 Å². The summed E-state index contributed by atoms with van der Waals surface area (Å²) in [5.41, 5.74) is 0.318. The summed E-state index contributed by atoms with van der Waals surface area (Å²) in [6, 6.07) is 3.72. The molecule has 1 unspecified atom stereocenters. The minimum Gasteiger partial charge on any atom is -0.336 e. The zero-order valence-corrected chi connectivity index (χ0v) is 11.0. The first-order valence-electron chi connectivity index (χ1n) is 6.17. The van der Waals surface area contributed by atoms with Gasteiger partial charge in [0.1, 0.15) is 5.82 Å². The number of nitro benzene ring substituents is 1. The van der Waals surface area contributed by atoms with E-state index in [-0.39, 0.29) is 11.7 Å². The second-order valence-electron chi connectivity index (χ2n) is 4.62. The van der Waals surface area contributed by atoms with Gasteiger partial charge < -0.3 is 9.88 Å². The summed E-state index contributed by atoms with van der Waals surface area (Å²) in [5, 5.41) is 13.9. The number of rotatable bonds is 6. The molecule has 1 heterocycles. The fourth-order valence-electron chi connectivity index (χ4n) is 1.91. The van der Waals surface area contributed by atoms with Gasteiger partial charge in [-0.05, 0) is 18.6 Å². The van der Waals surface area contributed by atoms with Crippen molar-refractivity contribution >= 4 is 5.69 Å². The summed E-state index contributed by atoms with van der Waals surface area (Å²) in [6.07, 6.45) is 5.26. The summed E-state index contributed by atoms with van der Waals surface area (Å²) in [4.78, 5) is 14.0. The molecule has 1 atom stereocenters. The summed E-state index contributed by atoms with van der Waals surface area (Å²) in [5.74, 6) is -0.599. The highest BCUT2D eigenvalue weighted by Crippen LogP contribution is 2.16. The van der Waals surface area contributed by atoms with Gasteiger partial charge in [-0.2, -0.15) is 0 Å². The fraction of sp³-hybridized carbons (Fsp3) is 0.308. The molecular formula is C13H15FN4O2. The Morgan fingerprint density at radius 3 is 2.95 bits per heavy atom. The molecule has 0 aliphatic carbocycles. The van der Waals surface area contributed by atoms with Crippen LogP contribution in [0.15, 0.2) is 36.9 Å². The number of aromatic nitrogens is 2. The lowest BCUT2D eigenvalue weighted by Crippen LogP contribution is -2.29. The summed E-state index contributed by atoms with van der Waals surface area (Å²) in [6.45, 7) is 3.07. The molecule has 0 aliphatic rings. The topological polar surface area (TPSA) is 73.0 Å². The van der Waals surface area contributed by atoms with Crippen molar-refractivity contribution in [1.29, 1.82) is 0 Å². The highest BCUT2D eigenvalue weighted by Gasteiger charge is 2.10. The third-order valence-corrected chi connectivity index (χ3v) is 2.85. The lowest BCUT2D eigenvalue weighted by Gasteiger charge is -2.14. The first kappa shape index (κ1) is 14.1. The van der Waals surface area contributed by atoms with E-state index in [0.717, 1.165) is 12.6 Å². The van der Waals surface area contributed by atoms with E-state index in [9.17, 15) is 14.5 Å². The second kappa shape index (κ2) is 6.25. The van der Waals surface area contributed by atoms with Crippen molar-refractivity contribution in [3.8, 4) is 0 Å². The molecule has 2 aromatic rings. The Bertz CT molecular complexity index is 586. The Balaban J connectivity index is 1.94. The van der Waals surface area contributed by atoms with Gasteiger partial charge in [0.05, 0.1) is 17.3 Å². The number of imidazole rings is 1. The van der Waals surface area contributed by atoms with Crippen LogP contribution in [-0.2, 0) is 13.1 Å². The minimum atomic E-state index is -0.599. The smallest absolute Gasteiger partial charge is 0.272 e. The highest BCUT2D eigenvalue weighted by molar-refractivity contribution is 5.35. The lowest BCUT2D eigenvalue weighted by molar-refractivity contribution is -0.385. The van der Waals surface area contributed by atoms with Crippen molar-refractivity contribution < 1.29 is 9.31 Å². The molecule has 106 valence electrons. The van der Waals surface area contributed by atoms with Crippen molar-refractivity contribution in [1.82, 2.24) is 14.9 Å². The predicted octanol–water partition coefficient (Wildman–Crippen LogP) is 2.11. The number of hydrogen-bond acceptors (Lipinski definition) is 4. The molecule has 1 aromatic heterocycles. The van der Waals surface area contributed by atoms with Crippen LogP contribution in [0.3, 0.4) is 0 Å². The first-order chi connectivity index (χ1) is 9.54. The SMILES string of the molecule is CC(Cn1ccnc1)NCc1cc(F)cc([N+](=O)[O-])c1. The third-order valence-electron chi connectivity index (χ3n) is 2.85. The van der Waals surface area contributed by atoms with Crippen molar-refractivity contribution in [2.75, 3.05) is 0 Å². The third kappa shape index (κ3) is 3.86. The monoisotopic (exact) mass is 278 g/mol. The Hall–Kier alpha value is -2.28. The standard InChI is InChI=1S/C13H15FN4O2/c1-10(8-17-3-2-15-9-17)16-7-11-4-12(14)6-13(5-11)18(19)20/h2-6,9-10,16H,7-8H2,1H3. The molecule has 20 heavy (non-hydrogen) atoms. The molecule has 0 radical (unpaired) electrons. The summed E-state index contributed by atoms with van der Waals surface area (Å²) >= 11 is 0. The van der Waals surface area contributed by atoms with Gasteiger partial charge in [-0.3, -0.25) is 10.1 Å². The Kier molecular flexibility index (Phi) is 4.41. The Morgan fingerprint density at radius 2 is 2.30 bits per heavy atom. The Morgan fingerprint density at radius 1 is 1.50 bits per heavy atom. The maximum atomic E-state index is 13.3. The molecule has 0 amide bonds. The van der Waals surface area contributed by atoms with E-state index in [4.69, 9.17) is 0 Å². The van der Waals surface area contributed by atoms with Crippen LogP contribution in [0.4, 0.5) is 10.1 Å². The zero-order chi connectivity index (χ0) is 14.5. The molecule has 0 saturated heterocycles. The Labute approximate surface area is 115 Å². The molecule has 7 heteroatoms. The van der Waals surface area contributed by atoms with E-state index in [1.165, 1.54) is 12.1 Å². The van der Waals surface area contributed by atoms with Gasteiger partial charge in [0.2, 0.25) is 0 Å². The van der Waals surface area contributed by atoms with Gasteiger partial charge in [0.15, 0.2) is 0 Å². The van der Waals surface area contributed by atoms with Gasteiger partial charge in [-0.15, -0.1) is 0 Å². The molecule has 6 nitrogen and oxygen atoms in total. The maximum Gasteiger partial charge on any atom is 0.272 e. The molecule has 1 aromatic carbocycles. The molecule has 0 aliphatic heterocycles. The van der Waals surface area contributed by atoms with Crippen molar-refractivity contribution in [2.24, 2.45) is 0 Å². The highest BCUT2D eigenvalue weighted by atomic mass is 19.1. The molecule has 0 saturated carbocycles. The molecule has 2 rings (SSSR count). The number of nitrogens with one attached hydrogen (secondary N) is 1. The molecule has 0 bridgehead atoms. The average molecular weight is 278 g/mol. The molecule has 0 fully saturated rings. The molecular weight excluding hydrogens is 263 g/mol. The van der Waals surface area contributed by atoms with Crippen LogP contribution in [-0.4, -0.2) is 20.5 Å². The van der Waals surface area contributed by atoms with Gasteiger partial charge >= 0.3 is 0 Å². The molecule has 0 spiro atoms. The van der Waals surface area contributed by atoms with Crippen molar-refractivity contribution in [2.45, 2.75) is 26.1 Å². The quantitative estimate of drug-likeness (QED) is 0.648. The van der Waals surface area contributed by atoms with Gasteiger partial charge in [-0.25, -0.2) is 9.37 Å². The normalized spacial score (nSPS) is 12.3. The van der Waals surface area contributed by atoms with Crippen molar-refractivity contribution in [3.63, 3.8) is 0 Å². The van der Waals surface area contributed by atoms with Crippen LogP contribution in [0.2, 0.25) is 0 Å². The number of hydrogen-bond donors (Lipinski definition) is 1. The van der Waals surface area contributed by atoms with Crippen LogP contribution >= 0.6 is 0 Å². The zero-order valence-electron chi connectivity index (χ0n) is 11.0. The van der Waals surface area contributed by atoms with E-state index < -0.39 is 10.7 Å². The number of non-ortho nitro benzene ring substituents is 1. The minimum absolute atomic E-state index is 0.131. The lowest BCUT2D eigenvalue weighted by atomic mass is 10.2. The predicted molar refractivity (Wildman–Crippen MR) is 71.6 cm³/mol. The second-order valence-corrected chi connectivity index (χ2v) is 4.62. The maximum absolute atomic E-state index is 13.3. The number of nitro groups is 1. The number of benzene rings is 1. The van der Waals surface area contributed by atoms with E-state index in [1.54, 1.807) is 12.5 Å². The van der Waals surface area contributed by atoms with Crippen LogP contribution < -0.4 is 5.32 Å².